The van der Waals surface area contributed by atoms with Crippen LogP contribution in [0.3, 0.4) is 0 Å². The number of benzene rings is 3. The van der Waals surface area contributed by atoms with E-state index in [-0.39, 0.29) is 41.8 Å². The molecule has 232 valence electrons. The first-order valence-corrected chi connectivity index (χ1v) is 14.6. The summed E-state index contributed by atoms with van der Waals surface area (Å²) < 4.78 is 54.6. The fraction of sp³-hybridized carbons (Fsp3) is 0.188. The van der Waals surface area contributed by atoms with Gasteiger partial charge in [0.15, 0.2) is 0 Å². The minimum atomic E-state index is -4.73. The zero-order valence-electron chi connectivity index (χ0n) is 24.4. The maximum absolute atomic E-state index is 12.6. The monoisotopic (exact) mass is 640 g/mol. The molecule has 0 unspecified atom stereocenters. The molecule has 0 radical (unpaired) electrons. The van der Waals surface area contributed by atoms with Crippen molar-refractivity contribution in [3.8, 4) is 23.6 Å². The number of esters is 2. The van der Waals surface area contributed by atoms with E-state index in [9.17, 15) is 33.1 Å². The van der Waals surface area contributed by atoms with Crippen LogP contribution in [-0.2, 0) is 19.6 Å². The number of ether oxygens (including phenoxy) is 4. The maximum atomic E-state index is 12.6. The van der Waals surface area contributed by atoms with E-state index < -0.39 is 50.5 Å². The van der Waals surface area contributed by atoms with E-state index in [0.29, 0.717) is 11.1 Å². The van der Waals surface area contributed by atoms with E-state index >= 15 is 0 Å². The predicted octanol–water partition coefficient (Wildman–Crippen LogP) is 3.12. The van der Waals surface area contributed by atoms with Crippen LogP contribution in [0.25, 0.3) is 21.1 Å². The quantitative estimate of drug-likeness (QED) is 0.141. The molecule has 0 saturated carbocycles. The largest absolute Gasteiger partial charge is 0.491 e. The topological polar surface area (TPSA) is 182 Å². The summed E-state index contributed by atoms with van der Waals surface area (Å²) in [6.07, 6.45) is 0. The van der Waals surface area contributed by atoms with Crippen LogP contribution in [-0.4, -0.2) is 51.3 Å². The summed E-state index contributed by atoms with van der Waals surface area (Å²) in [5.74, 6) is -1.85. The Balaban J connectivity index is 1.84. The lowest BCUT2D eigenvalue weighted by Gasteiger charge is -2.13. The van der Waals surface area contributed by atoms with E-state index in [1.165, 1.54) is 24.3 Å². The molecule has 0 spiro atoms. The Morgan fingerprint density at radius 3 is 1.70 bits per heavy atom. The fourth-order valence-electron chi connectivity index (χ4n) is 3.89. The summed E-state index contributed by atoms with van der Waals surface area (Å²) in [5, 5.41) is 19.0. The van der Waals surface area contributed by atoms with Gasteiger partial charge in [-0.25, -0.2) is 29.8 Å². The number of rotatable bonds is 11. The number of carbonyl (C=O) groups excluding carboxylic acids is 2. The Morgan fingerprint density at radius 2 is 1.24 bits per heavy atom. The van der Waals surface area contributed by atoms with E-state index in [1.54, 1.807) is 43.3 Å². The van der Waals surface area contributed by atoms with Crippen LogP contribution in [0, 0.1) is 49.7 Å². The molecule has 0 atom stereocenters. The molecular weight excluding hydrogens is 616 g/mol. The van der Waals surface area contributed by atoms with Gasteiger partial charge in [0.05, 0.1) is 36.4 Å². The molecule has 0 aliphatic heterocycles. The van der Waals surface area contributed by atoms with Gasteiger partial charge in [-0.05, 0) is 55.8 Å². The second-order valence-electron chi connectivity index (χ2n) is 9.30. The molecule has 0 aliphatic rings. The van der Waals surface area contributed by atoms with Crippen LogP contribution in [0.4, 0.5) is 0 Å². The Morgan fingerprint density at radius 1 is 0.761 bits per heavy atom. The first kappa shape index (κ1) is 34.3. The van der Waals surface area contributed by atoms with Gasteiger partial charge in [-0.2, -0.15) is 8.42 Å². The van der Waals surface area contributed by atoms with Gasteiger partial charge < -0.3 is 18.9 Å². The van der Waals surface area contributed by atoms with Crippen molar-refractivity contribution >= 4 is 33.5 Å². The summed E-state index contributed by atoms with van der Waals surface area (Å²) in [6.45, 7) is 17.0. The molecule has 0 aliphatic carbocycles. The smallest absolute Gasteiger partial charge is 0.339 e. The summed E-state index contributed by atoms with van der Waals surface area (Å²) in [7, 11) is -4.73. The van der Waals surface area contributed by atoms with Gasteiger partial charge in [0.1, 0.15) is 42.8 Å². The Kier molecular flexibility index (Phi) is 11.6. The first-order chi connectivity index (χ1) is 21.9. The number of aryl methyl sites for hydroxylation is 2. The third-order valence-electron chi connectivity index (χ3n) is 6.10. The van der Waals surface area contributed by atoms with Crippen LogP contribution >= 0.6 is 0 Å². The molecule has 0 heterocycles. The van der Waals surface area contributed by atoms with E-state index in [1.807, 2.05) is 6.92 Å². The number of hydrogen-bond donors (Lipinski definition) is 1. The van der Waals surface area contributed by atoms with Gasteiger partial charge >= 0.3 is 11.9 Å². The predicted molar refractivity (Wildman–Crippen MR) is 161 cm³/mol. The van der Waals surface area contributed by atoms with Crippen molar-refractivity contribution in [3.05, 3.63) is 110 Å². The standard InChI is InChI=1S/C32H24N4O9S/c1-20-5-8-22(9-6-20)31(37)44-13-11-42-28-16-25(27(19-34)36-4)29(17-24(28)26(18-33)35-3)43-12-14-45-32(38)23-10-7-21(2)15-30(23)46(39,40)41/h5-10,15-17H,11-14H2,1-2H3,(H,39,40,41)/b26-24-,27-25+. The molecule has 46 heavy (non-hydrogen) atoms. The average Bonchev–Trinajstić information content (AvgIpc) is 3.03. The SMILES string of the molecule is [C-]#[N+]/C(C#N)=c1/cc(OCCOC(=O)c2ccc(C)cc2S(=O)(=O)O)/c(=C(\C#N)[N+]#[C-])cc1OCCOC(=O)c1ccc(C)cc1. The lowest BCUT2D eigenvalue weighted by atomic mass is 10.1. The molecule has 14 heteroatoms. The van der Waals surface area contributed by atoms with Crippen molar-refractivity contribution < 1.29 is 41.5 Å². The maximum Gasteiger partial charge on any atom is 0.339 e. The van der Waals surface area contributed by atoms with E-state index in [0.717, 1.165) is 11.6 Å². The van der Waals surface area contributed by atoms with E-state index in [4.69, 9.17) is 32.1 Å². The molecule has 0 amide bonds. The van der Waals surface area contributed by atoms with Crippen LogP contribution in [0.1, 0.15) is 31.8 Å². The molecule has 0 fully saturated rings. The van der Waals surface area contributed by atoms with Crippen LogP contribution in [0.15, 0.2) is 59.5 Å². The average molecular weight is 641 g/mol. The minimum absolute atomic E-state index is 0.0437. The highest BCUT2D eigenvalue weighted by molar-refractivity contribution is 7.86. The number of nitrogens with zero attached hydrogens (tertiary/aromatic N) is 4. The lowest BCUT2D eigenvalue weighted by molar-refractivity contribution is 0.0437. The normalized spacial score (nSPS) is 11.8. The van der Waals surface area contributed by atoms with Crippen LogP contribution in [0.2, 0.25) is 0 Å². The molecule has 0 aromatic heterocycles. The highest BCUT2D eigenvalue weighted by Gasteiger charge is 2.22. The molecule has 0 saturated heterocycles. The Bertz CT molecular complexity index is 2050. The molecule has 1 N–H and O–H groups in total. The van der Waals surface area contributed by atoms with Gasteiger partial charge in [0.2, 0.25) is 0 Å². The molecular formula is C32H24N4O9S. The number of carbonyl (C=O) groups is 2. The van der Waals surface area contributed by atoms with Gasteiger partial charge in [-0.1, -0.05) is 23.8 Å². The molecule has 0 bridgehead atoms. The zero-order valence-corrected chi connectivity index (χ0v) is 25.3. The molecule has 3 rings (SSSR count). The van der Waals surface area contributed by atoms with Gasteiger partial charge in [0, 0.05) is 10.4 Å². The molecule has 3 aromatic carbocycles. The van der Waals surface area contributed by atoms with Crippen molar-refractivity contribution in [2.24, 2.45) is 0 Å². The highest BCUT2D eigenvalue weighted by atomic mass is 32.2. The second-order valence-corrected chi connectivity index (χ2v) is 10.7. The van der Waals surface area contributed by atoms with Gasteiger partial charge in [0.25, 0.3) is 21.5 Å². The Hall–Kier alpha value is -6.19. The van der Waals surface area contributed by atoms with Crippen LogP contribution < -0.4 is 19.9 Å². The lowest BCUT2D eigenvalue weighted by Crippen LogP contribution is -2.23. The molecule has 13 nitrogen and oxygen atoms in total. The van der Waals surface area contributed by atoms with Crippen molar-refractivity contribution in [1.82, 2.24) is 0 Å². The summed E-state index contributed by atoms with van der Waals surface area (Å²) in [4.78, 5) is 30.6. The first-order valence-electron chi connectivity index (χ1n) is 13.2. The highest BCUT2D eigenvalue weighted by Crippen LogP contribution is 2.19. The van der Waals surface area contributed by atoms with Crippen molar-refractivity contribution in [1.29, 1.82) is 10.5 Å². The van der Waals surface area contributed by atoms with E-state index in [2.05, 4.69) is 9.69 Å². The van der Waals surface area contributed by atoms with Crippen molar-refractivity contribution in [3.63, 3.8) is 0 Å². The van der Waals surface area contributed by atoms with Gasteiger partial charge in [-0.3, -0.25) is 4.55 Å². The minimum Gasteiger partial charge on any atom is -0.491 e. The summed E-state index contributed by atoms with van der Waals surface area (Å²) in [5.41, 5.74) is 0.535. The molecule has 3 aromatic rings. The Labute approximate surface area is 264 Å². The zero-order chi connectivity index (χ0) is 33.9. The second kappa shape index (κ2) is 15.5. The van der Waals surface area contributed by atoms with Gasteiger partial charge in [-0.15, -0.1) is 0 Å². The van der Waals surface area contributed by atoms with Crippen molar-refractivity contribution in [2.45, 2.75) is 18.7 Å². The number of nitriles is 2. The summed E-state index contributed by atoms with van der Waals surface area (Å²) in [6, 6.07) is 16.4. The number of hydrogen-bond acceptors (Lipinski definition) is 10. The fourth-order valence-corrected chi connectivity index (χ4v) is 4.66. The summed E-state index contributed by atoms with van der Waals surface area (Å²) >= 11 is 0. The third kappa shape index (κ3) is 8.68. The van der Waals surface area contributed by atoms with Crippen LogP contribution in [0.5, 0.6) is 11.5 Å². The van der Waals surface area contributed by atoms with Crippen molar-refractivity contribution in [2.75, 3.05) is 26.4 Å². The third-order valence-corrected chi connectivity index (χ3v) is 6.99.